The SMILES string of the molecule is CCNC(=NCCc1ccc(NC(C)=O)cc1)NCCc1ccc(OCC)c(OCC)c1. The van der Waals surface area contributed by atoms with Gasteiger partial charge in [-0.2, -0.15) is 0 Å². The van der Waals surface area contributed by atoms with Gasteiger partial charge in [0, 0.05) is 32.2 Å². The second-order valence-electron chi connectivity index (χ2n) is 7.21. The minimum Gasteiger partial charge on any atom is -0.490 e. The van der Waals surface area contributed by atoms with E-state index in [0.717, 1.165) is 49.1 Å². The zero-order valence-corrected chi connectivity index (χ0v) is 19.7. The zero-order chi connectivity index (χ0) is 23.2. The van der Waals surface area contributed by atoms with E-state index >= 15 is 0 Å². The van der Waals surface area contributed by atoms with E-state index in [1.54, 1.807) is 0 Å². The number of benzene rings is 2. The Morgan fingerprint density at radius 1 is 0.875 bits per heavy atom. The molecular weight excluding hydrogens is 404 g/mol. The summed E-state index contributed by atoms with van der Waals surface area (Å²) in [6.07, 6.45) is 1.68. The summed E-state index contributed by atoms with van der Waals surface area (Å²) in [6, 6.07) is 14.0. The van der Waals surface area contributed by atoms with Gasteiger partial charge < -0.3 is 25.4 Å². The topological polar surface area (TPSA) is 84.0 Å². The third kappa shape index (κ3) is 8.88. The first-order chi connectivity index (χ1) is 15.5. The molecule has 0 atom stereocenters. The van der Waals surface area contributed by atoms with Crippen molar-refractivity contribution in [1.82, 2.24) is 10.6 Å². The van der Waals surface area contributed by atoms with Crippen LogP contribution in [0.2, 0.25) is 0 Å². The number of carbonyl (C=O) groups is 1. The maximum absolute atomic E-state index is 11.1. The van der Waals surface area contributed by atoms with Gasteiger partial charge in [-0.25, -0.2) is 0 Å². The largest absolute Gasteiger partial charge is 0.490 e. The monoisotopic (exact) mass is 440 g/mol. The van der Waals surface area contributed by atoms with E-state index in [0.29, 0.717) is 19.8 Å². The van der Waals surface area contributed by atoms with Crippen molar-refractivity contribution in [2.45, 2.75) is 40.5 Å². The summed E-state index contributed by atoms with van der Waals surface area (Å²) >= 11 is 0. The molecular formula is C25H36N4O3. The van der Waals surface area contributed by atoms with Gasteiger partial charge in [0.15, 0.2) is 17.5 Å². The van der Waals surface area contributed by atoms with Crippen molar-refractivity contribution >= 4 is 17.6 Å². The van der Waals surface area contributed by atoms with Crippen LogP contribution < -0.4 is 25.4 Å². The Morgan fingerprint density at radius 3 is 2.22 bits per heavy atom. The van der Waals surface area contributed by atoms with Crippen molar-refractivity contribution in [2.24, 2.45) is 4.99 Å². The summed E-state index contributed by atoms with van der Waals surface area (Å²) < 4.78 is 11.4. The molecule has 0 fully saturated rings. The number of amides is 1. The predicted octanol–water partition coefficient (Wildman–Crippen LogP) is 3.78. The average molecular weight is 441 g/mol. The molecule has 0 heterocycles. The Morgan fingerprint density at radius 2 is 1.56 bits per heavy atom. The number of carbonyl (C=O) groups excluding carboxylic acids is 1. The lowest BCUT2D eigenvalue weighted by Crippen LogP contribution is -2.38. The lowest BCUT2D eigenvalue weighted by atomic mass is 10.1. The Bertz CT molecular complexity index is 866. The van der Waals surface area contributed by atoms with Gasteiger partial charge in [0.25, 0.3) is 0 Å². The molecule has 0 aliphatic carbocycles. The normalized spacial score (nSPS) is 11.1. The Hall–Kier alpha value is -3.22. The molecule has 0 saturated carbocycles. The Kier molecular flexibility index (Phi) is 10.9. The highest BCUT2D eigenvalue weighted by Gasteiger charge is 2.06. The molecule has 0 saturated heterocycles. The lowest BCUT2D eigenvalue weighted by Gasteiger charge is -2.14. The molecule has 0 aliphatic rings. The van der Waals surface area contributed by atoms with Gasteiger partial charge in [-0.05, 0) is 69.0 Å². The summed E-state index contributed by atoms with van der Waals surface area (Å²) in [6.45, 7) is 11.0. The first-order valence-corrected chi connectivity index (χ1v) is 11.3. The zero-order valence-electron chi connectivity index (χ0n) is 19.7. The van der Waals surface area contributed by atoms with E-state index in [2.05, 4.69) is 33.9 Å². The van der Waals surface area contributed by atoms with Crippen LogP contribution in [0.1, 0.15) is 38.8 Å². The van der Waals surface area contributed by atoms with Crippen LogP contribution in [-0.2, 0) is 17.6 Å². The van der Waals surface area contributed by atoms with Crippen LogP contribution in [0.4, 0.5) is 5.69 Å². The second kappa shape index (κ2) is 14.0. The quantitative estimate of drug-likeness (QED) is 0.346. The molecule has 0 unspecified atom stereocenters. The van der Waals surface area contributed by atoms with E-state index in [1.807, 2.05) is 50.2 Å². The molecule has 0 spiro atoms. The highest BCUT2D eigenvalue weighted by Crippen LogP contribution is 2.28. The van der Waals surface area contributed by atoms with Crippen LogP contribution in [0.3, 0.4) is 0 Å². The Balaban J connectivity index is 1.86. The summed E-state index contributed by atoms with van der Waals surface area (Å²) in [5, 5.41) is 9.46. The van der Waals surface area contributed by atoms with Crippen molar-refractivity contribution in [3.63, 3.8) is 0 Å². The highest BCUT2D eigenvalue weighted by molar-refractivity contribution is 5.88. The number of rotatable bonds is 12. The lowest BCUT2D eigenvalue weighted by molar-refractivity contribution is -0.114. The first kappa shape index (κ1) is 25.0. The van der Waals surface area contributed by atoms with Crippen LogP contribution in [0, 0.1) is 0 Å². The maximum atomic E-state index is 11.1. The number of hydrogen-bond acceptors (Lipinski definition) is 4. The van der Waals surface area contributed by atoms with Gasteiger partial charge in [0.1, 0.15) is 0 Å². The standard InChI is InChI=1S/C25H36N4O3/c1-5-26-25(27-16-14-20-8-11-22(12-9-20)29-19(4)30)28-17-15-21-10-13-23(31-6-2)24(18-21)32-7-3/h8-13,18H,5-7,14-17H2,1-4H3,(H,29,30)(H2,26,27,28). The molecule has 1 amide bonds. The van der Waals surface area contributed by atoms with Gasteiger partial charge >= 0.3 is 0 Å². The smallest absolute Gasteiger partial charge is 0.221 e. The summed E-state index contributed by atoms with van der Waals surface area (Å²) in [4.78, 5) is 15.8. The van der Waals surface area contributed by atoms with Gasteiger partial charge in [-0.3, -0.25) is 9.79 Å². The fraction of sp³-hybridized carbons (Fsp3) is 0.440. The number of hydrogen-bond donors (Lipinski definition) is 3. The van der Waals surface area contributed by atoms with E-state index in [4.69, 9.17) is 9.47 Å². The number of aliphatic imine (C=N–C) groups is 1. The fourth-order valence-electron chi connectivity index (χ4n) is 3.17. The van der Waals surface area contributed by atoms with Gasteiger partial charge in [0.2, 0.25) is 5.91 Å². The molecule has 32 heavy (non-hydrogen) atoms. The molecule has 0 aliphatic heterocycles. The number of nitrogens with zero attached hydrogens (tertiary/aromatic N) is 1. The summed E-state index contributed by atoms with van der Waals surface area (Å²) in [5.74, 6) is 2.31. The molecule has 3 N–H and O–H groups in total. The van der Waals surface area contributed by atoms with E-state index in [9.17, 15) is 4.79 Å². The maximum Gasteiger partial charge on any atom is 0.221 e. The van der Waals surface area contributed by atoms with Gasteiger partial charge in [-0.15, -0.1) is 0 Å². The molecule has 0 radical (unpaired) electrons. The number of guanidine groups is 1. The molecule has 0 bridgehead atoms. The van der Waals surface area contributed by atoms with Crippen molar-refractivity contribution in [3.8, 4) is 11.5 Å². The molecule has 174 valence electrons. The average Bonchev–Trinajstić information content (AvgIpc) is 2.76. The van der Waals surface area contributed by atoms with Crippen LogP contribution in [-0.4, -0.2) is 44.7 Å². The predicted molar refractivity (Wildman–Crippen MR) is 131 cm³/mol. The summed E-state index contributed by atoms with van der Waals surface area (Å²) in [5.41, 5.74) is 3.16. The minimum atomic E-state index is -0.0666. The van der Waals surface area contributed by atoms with Crippen LogP contribution >= 0.6 is 0 Å². The van der Waals surface area contributed by atoms with Crippen molar-refractivity contribution in [3.05, 3.63) is 53.6 Å². The first-order valence-electron chi connectivity index (χ1n) is 11.3. The summed E-state index contributed by atoms with van der Waals surface area (Å²) in [7, 11) is 0. The number of nitrogens with one attached hydrogen (secondary N) is 3. The minimum absolute atomic E-state index is 0.0666. The van der Waals surface area contributed by atoms with E-state index in [1.165, 1.54) is 18.1 Å². The fourth-order valence-corrected chi connectivity index (χ4v) is 3.17. The molecule has 2 aromatic rings. The van der Waals surface area contributed by atoms with Crippen LogP contribution in [0.5, 0.6) is 11.5 Å². The van der Waals surface area contributed by atoms with Crippen LogP contribution in [0.25, 0.3) is 0 Å². The van der Waals surface area contributed by atoms with Crippen molar-refractivity contribution < 1.29 is 14.3 Å². The number of ether oxygens (including phenoxy) is 2. The van der Waals surface area contributed by atoms with Crippen molar-refractivity contribution in [1.29, 1.82) is 0 Å². The van der Waals surface area contributed by atoms with Crippen molar-refractivity contribution in [2.75, 3.05) is 38.2 Å². The molecule has 0 aromatic heterocycles. The van der Waals surface area contributed by atoms with Crippen LogP contribution in [0.15, 0.2) is 47.5 Å². The molecule has 2 aromatic carbocycles. The molecule has 2 rings (SSSR count). The van der Waals surface area contributed by atoms with Gasteiger partial charge in [0.05, 0.1) is 13.2 Å². The number of anilines is 1. The second-order valence-corrected chi connectivity index (χ2v) is 7.21. The Labute approximate surface area is 191 Å². The third-order valence-corrected chi connectivity index (χ3v) is 4.60. The van der Waals surface area contributed by atoms with E-state index < -0.39 is 0 Å². The highest BCUT2D eigenvalue weighted by atomic mass is 16.5. The van der Waals surface area contributed by atoms with Gasteiger partial charge in [-0.1, -0.05) is 18.2 Å². The molecule has 7 heteroatoms. The third-order valence-electron chi connectivity index (χ3n) is 4.60. The van der Waals surface area contributed by atoms with E-state index in [-0.39, 0.29) is 5.91 Å². The molecule has 7 nitrogen and oxygen atoms in total.